The standard InChI is InChI=1S/C38H28BF10N/c1-18(2)21-14-10-15-22-36(21)50(37(38(22,3)4)19-11-6-5-7-12-19)17-20-13-8-9-16-23(20)39(24-26(40)30(44)34(48)31(45)27(24)41)25-28(42)32(46)35(49)33(47)29(25)43/h5-16,18,37H,17H2,1-4H3. The molecule has 0 fully saturated rings. The van der Waals surface area contributed by atoms with Crippen LogP contribution in [0.4, 0.5) is 49.6 Å². The van der Waals surface area contributed by atoms with Gasteiger partial charge in [0.1, 0.15) is 0 Å². The Bertz CT molecular complexity index is 2010. The molecule has 1 aliphatic rings. The van der Waals surface area contributed by atoms with Gasteiger partial charge in [-0.05, 0) is 28.2 Å². The SMILES string of the molecule is CC(C)c1cccc2c1N(Cc1ccccc1B(c1c(F)c(F)c(F)c(F)c1F)c1c(F)c(F)c(F)c(F)c1F)C(c1ccccc1)C2(C)C. The van der Waals surface area contributed by atoms with Gasteiger partial charge in [0.15, 0.2) is 58.2 Å². The van der Waals surface area contributed by atoms with E-state index in [1.165, 1.54) is 18.2 Å². The quantitative estimate of drug-likeness (QED) is 0.0711. The van der Waals surface area contributed by atoms with Gasteiger partial charge in [-0.3, -0.25) is 0 Å². The molecule has 1 unspecified atom stereocenters. The molecular formula is C38H28BF10N. The van der Waals surface area contributed by atoms with E-state index in [0.29, 0.717) is 0 Å². The minimum absolute atomic E-state index is 0.0116. The van der Waals surface area contributed by atoms with E-state index in [1.807, 2.05) is 81.1 Å². The Morgan fingerprint density at radius 2 is 1.04 bits per heavy atom. The highest BCUT2D eigenvalue weighted by atomic mass is 19.2. The third-order valence-corrected chi connectivity index (χ3v) is 9.55. The maximum atomic E-state index is 15.6. The van der Waals surface area contributed by atoms with E-state index in [1.54, 1.807) is 0 Å². The van der Waals surface area contributed by atoms with E-state index in [9.17, 15) is 26.3 Å². The Hall–Kier alpha value is -4.74. The van der Waals surface area contributed by atoms with E-state index in [2.05, 4.69) is 0 Å². The maximum absolute atomic E-state index is 15.6. The number of hydrogen-bond donors (Lipinski definition) is 0. The Labute approximate surface area is 282 Å². The number of rotatable bonds is 7. The molecule has 0 amide bonds. The molecule has 6 rings (SSSR count). The summed E-state index contributed by atoms with van der Waals surface area (Å²) in [5.41, 5.74) is -1.01. The average molecular weight is 699 g/mol. The fraction of sp³-hybridized carbons (Fsp3) is 0.211. The van der Waals surface area contributed by atoms with Gasteiger partial charge in [-0.15, -0.1) is 0 Å². The highest BCUT2D eigenvalue weighted by Crippen LogP contribution is 2.55. The number of fused-ring (bicyclic) bond motifs is 1. The Kier molecular flexibility index (Phi) is 9.03. The number of hydrogen-bond acceptors (Lipinski definition) is 1. The summed E-state index contributed by atoms with van der Waals surface area (Å²) in [4.78, 5) is 1.98. The third-order valence-electron chi connectivity index (χ3n) is 9.55. The molecule has 0 saturated heterocycles. The molecule has 0 saturated carbocycles. The van der Waals surface area contributed by atoms with Gasteiger partial charge in [0.2, 0.25) is 0 Å². The van der Waals surface area contributed by atoms with E-state index < -0.39 is 92.7 Å². The second-order valence-electron chi connectivity index (χ2n) is 13.2. The zero-order valence-corrected chi connectivity index (χ0v) is 27.1. The largest absolute Gasteiger partial charge is 0.359 e. The van der Waals surface area contributed by atoms with Crippen molar-refractivity contribution in [3.05, 3.63) is 153 Å². The van der Waals surface area contributed by atoms with E-state index in [4.69, 9.17) is 0 Å². The van der Waals surface area contributed by atoms with Crippen molar-refractivity contribution in [2.75, 3.05) is 4.90 Å². The van der Waals surface area contributed by atoms with Gasteiger partial charge < -0.3 is 4.90 Å². The molecule has 0 aromatic heterocycles. The van der Waals surface area contributed by atoms with Crippen LogP contribution in [0.1, 0.15) is 61.9 Å². The second-order valence-corrected chi connectivity index (χ2v) is 13.2. The smallest absolute Gasteiger partial charge is 0.257 e. The lowest BCUT2D eigenvalue weighted by molar-refractivity contribution is 0.382. The molecule has 0 bridgehead atoms. The van der Waals surface area contributed by atoms with Crippen LogP contribution in [0.2, 0.25) is 0 Å². The van der Waals surface area contributed by atoms with E-state index in [-0.39, 0.29) is 18.0 Å². The lowest BCUT2D eigenvalue weighted by Crippen LogP contribution is -2.59. The number of benzene rings is 5. The molecule has 0 aliphatic carbocycles. The predicted octanol–water partition coefficient (Wildman–Crippen LogP) is 8.76. The first-order valence-electron chi connectivity index (χ1n) is 15.7. The molecule has 1 heterocycles. The monoisotopic (exact) mass is 699 g/mol. The molecule has 0 spiro atoms. The molecule has 0 radical (unpaired) electrons. The van der Waals surface area contributed by atoms with Crippen LogP contribution in [0.3, 0.4) is 0 Å². The van der Waals surface area contributed by atoms with E-state index in [0.717, 1.165) is 28.4 Å². The van der Waals surface area contributed by atoms with Crippen molar-refractivity contribution in [2.45, 2.75) is 51.6 Å². The summed E-state index contributed by atoms with van der Waals surface area (Å²) < 4.78 is 150. The predicted molar refractivity (Wildman–Crippen MR) is 172 cm³/mol. The van der Waals surface area contributed by atoms with Crippen molar-refractivity contribution >= 4 is 28.8 Å². The fourth-order valence-corrected chi connectivity index (χ4v) is 7.29. The van der Waals surface area contributed by atoms with Crippen LogP contribution in [0.25, 0.3) is 0 Å². The zero-order chi connectivity index (χ0) is 36.4. The van der Waals surface area contributed by atoms with Crippen LogP contribution < -0.4 is 21.3 Å². The summed E-state index contributed by atoms with van der Waals surface area (Å²) in [5.74, 6) is -24.9. The Morgan fingerprint density at radius 3 is 1.54 bits per heavy atom. The van der Waals surface area contributed by atoms with Crippen LogP contribution in [-0.2, 0) is 12.0 Å². The van der Waals surface area contributed by atoms with Crippen LogP contribution in [0.15, 0.2) is 72.8 Å². The molecule has 1 atom stereocenters. The summed E-state index contributed by atoms with van der Waals surface area (Å²) in [5, 5.41) is 0. The molecule has 5 aromatic carbocycles. The summed E-state index contributed by atoms with van der Waals surface area (Å²) in [6.07, 6.45) is 0. The molecule has 1 aliphatic heterocycles. The van der Waals surface area contributed by atoms with Crippen molar-refractivity contribution in [1.82, 2.24) is 0 Å². The van der Waals surface area contributed by atoms with Crippen LogP contribution in [-0.4, -0.2) is 6.71 Å². The first-order valence-corrected chi connectivity index (χ1v) is 15.7. The molecule has 12 heteroatoms. The Morgan fingerprint density at radius 1 is 0.580 bits per heavy atom. The minimum atomic E-state index is -2.67. The van der Waals surface area contributed by atoms with Gasteiger partial charge >= 0.3 is 0 Å². The summed E-state index contributed by atoms with van der Waals surface area (Å²) in [6.45, 7) is 5.15. The number of halogens is 10. The van der Waals surface area contributed by atoms with Crippen LogP contribution in [0.5, 0.6) is 0 Å². The highest BCUT2D eigenvalue weighted by Gasteiger charge is 2.47. The van der Waals surface area contributed by atoms with Gasteiger partial charge in [-0.1, -0.05) is 106 Å². The molecule has 0 N–H and O–H groups in total. The van der Waals surface area contributed by atoms with Crippen molar-refractivity contribution in [2.24, 2.45) is 0 Å². The lowest BCUT2D eigenvalue weighted by atomic mass is 9.35. The molecule has 1 nitrogen and oxygen atoms in total. The lowest BCUT2D eigenvalue weighted by Gasteiger charge is -2.36. The van der Waals surface area contributed by atoms with Crippen molar-refractivity contribution < 1.29 is 43.9 Å². The molecular weight excluding hydrogens is 671 g/mol. The summed E-state index contributed by atoms with van der Waals surface area (Å²) in [7, 11) is 0. The van der Waals surface area contributed by atoms with Crippen molar-refractivity contribution in [1.29, 1.82) is 0 Å². The summed E-state index contributed by atoms with van der Waals surface area (Å²) >= 11 is 0. The van der Waals surface area contributed by atoms with E-state index >= 15 is 17.6 Å². The Balaban J connectivity index is 1.67. The number of nitrogens with zero attached hydrogens (tertiary/aromatic N) is 1. The molecule has 5 aromatic rings. The number of anilines is 1. The minimum Gasteiger partial charge on any atom is -0.359 e. The third kappa shape index (κ3) is 5.34. The van der Waals surface area contributed by atoms with Crippen LogP contribution in [0, 0.1) is 58.2 Å². The molecule has 258 valence electrons. The van der Waals surface area contributed by atoms with Gasteiger partial charge in [0.05, 0.1) is 6.04 Å². The van der Waals surface area contributed by atoms with Crippen molar-refractivity contribution in [3.8, 4) is 0 Å². The number of para-hydroxylation sites is 1. The van der Waals surface area contributed by atoms with Gasteiger partial charge in [-0.2, -0.15) is 0 Å². The summed E-state index contributed by atoms with van der Waals surface area (Å²) in [6, 6.07) is 19.9. The topological polar surface area (TPSA) is 3.24 Å². The first-order chi connectivity index (χ1) is 23.6. The molecule has 50 heavy (non-hydrogen) atoms. The maximum Gasteiger partial charge on any atom is 0.257 e. The van der Waals surface area contributed by atoms with Crippen LogP contribution >= 0.6 is 0 Å². The average Bonchev–Trinajstić information content (AvgIpc) is 3.33. The van der Waals surface area contributed by atoms with Crippen molar-refractivity contribution in [3.63, 3.8) is 0 Å². The zero-order valence-electron chi connectivity index (χ0n) is 27.1. The van der Waals surface area contributed by atoms with Gasteiger partial charge in [0, 0.05) is 28.6 Å². The second kappa shape index (κ2) is 12.9. The first kappa shape index (κ1) is 35.1. The fourth-order valence-electron chi connectivity index (χ4n) is 7.29. The van der Waals surface area contributed by atoms with Gasteiger partial charge in [0.25, 0.3) is 6.71 Å². The highest BCUT2D eigenvalue weighted by molar-refractivity contribution is 6.96. The van der Waals surface area contributed by atoms with Gasteiger partial charge in [-0.25, -0.2) is 43.9 Å². The normalized spacial score (nSPS) is 15.2.